The van der Waals surface area contributed by atoms with Crippen LogP contribution in [-0.4, -0.2) is 60.1 Å². The average molecular weight is 281 g/mol. The van der Waals surface area contributed by atoms with Gasteiger partial charge in [0, 0.05) is 19.2 Å². The van der Waals surface area contributed by atoms with Crippen LogP contribution in [0.3, 0.4) is 0 Å². The molecule has 1 saturated heterocycles. The number of alkyl halides is 1. The van der Waals surface area contributed by atoms with Gasteiger partial charge in [-0.3, -0.25) is 4.79 Å². The topological polar surface area (TPSA) is 91.8 Å². The average Bonchev–Trinajstić information content (AvgIpc) is 2.59. The zero-order valence-electron chi connectivity index (χ0n) is 10.4. The van der Waals surface area contributed by atoms with Gasteiger partial charge in [-0.1, -0.05) is 0 Å². The highest BCUT2D eigenvalue weighted by molar-refractivity contribution is 7.92. The number of rotatable bonds is 3. The number of amides is 1. The molecule has 0 radical (unpaired) electrons. The van der Waals surface area contributed by atoms with Crippen LogP contribution >= 0.6 is 0 Å². The van der Waals surface area contributed by atoms with Crippen molar-refractivity contribution >= 4 is 21.7 Å². The first-order chi connectivity index (χ1) is 7.92. The van der Waals surface area contributed by atoms with Gasteiger partial charge in [0.15, 0.2) is 9.84 Å². The molecule has 1 aliphatic rings. The zero-order chi connectivity index (χ0) is 14.4. The molecule has 1 fully saturated rings. The molecule has 104 valence electrons. The highest BCUT2D eigenvalue weighted by atomic mass is 32.2. The Kier molecular flexibility index (Phi) is 3.46. The van der Waals surface area contributed by atoms with Crippen molar-refractivity contribution in [2.24, 2.45) is 0 Å². The van der Waals surface area contributed by atoms with Crippen molar-refractivity contribution < 1.29 is 27.5 Å². The summed E-state index contributed by atoms with van der Waals surface area (Å²) in [7, 11) is -3.66. The van der Waals surface area contributed by atoms with E-state index in [-0.39, 0.29) is 13.0 Å². The standard InChI is InChI=1S/C10H16FNO5S/c1-9(2,18(3,16)17)7(13)12-5-4-10(11,6-12)8(14)15/h4-6H2,1-3H3,(H,14,15). The molecule has 0 spiro atoms. The van der Waals surface area contributed by atoms with Crippen molar-refractivity contribution in [3.8, 4) is 0 Å². The number of aliphatic carboxylic acids is 1. The van der Waals surface area contributed by atoms with Crippen molar-refractivity contribution in [3.63, 3.8) is 0 Å². The summed E-state index contributed by atoms with van der Waals surface area (Å²) in [6.45, 7) is 1.74. The van der Waals surface area contributed by atoms with Gasteiger partial charge in [-0.2, -0.15) is 0 Å². The van der Waals surface area contributed by atoms with Crippen LogP contribution in [0.25, 0.3) is 0 Å². The number of nitrogens with zero attached hydrogens (tertiary/aromatic N) is 1. The van der Waals surface area contributed by atoms with Gasteiger partial charge >= 0.3 is 5.97 Å². The van der Waals surface area contributed by atoms with E-state index >= 15 is 0 Å². The number of sulfone groups is 1. The predicted octanol–water partition coefficient (Wildman–Crippen LogP) is -0.165. The van der Waals surface area contributed by atoms with E-state index in [0.29, 0.717) is 0 Å². The molecule has 1 unspecified atom stereocenters. The second-order valence-electron chi connectivity index (χ2n) is 5.03. The normalized spacial score (nSPS) is 25.2. The molecule has 0 aromatic rings. The van der Waals surface area contributed by atoms with Crippen molar-refractivity contribution in [1.29, 1.82) is 0 Å². The lowest BCUT2D eigenvalue weighted by atomic mass is 10.1. The first kappa shape index (κ1) is 14.9. The molecule has 1 amide bonds. The van der Waals surface area contributed by atoms with Gasteiger partial charge in [0.25, 0.3) is 0 Å². The Morgan fingerprint density at radius 2 is 1.89 bits per heavy atom. The van der Waals surface area contributed by atoms with Crippen LogP contribution in [0.4, 0.5) is 4.39 Å². The number of carbonyl (C=O) groups excluding carboxylic acids is 1. The van der Waals surface area contributed by atoms with Crippen LogP contribution in [0.15, 0.2) is 0 Å². The molecule has 0 aromatic heterocycles. The van der Waals surface area contributed by atoms with Crippen molar-refractivity contribution in [2.75, 3.05) is 19.3 Å². The van der Waals surface area contributed by atoms with Crippen molar-refractivity contribution in [1.82, 2.24) is 4.90 Å². The molecule has 18 heavy (non-hydrogen) atoms. The molecule has 0 saturated carbocycles. The minimum atomic E-state index is -3.66. The fourth-order valence-electron chi connectivity index (χ4n) is 1.66. The van der Waals surface area contributed by atoms with E-state index < -0.39 is 38.7 Å². The van der Waals surface area contributed by atoms with Crippen LogP contribution in [0.5, 0.6) is 0 Å². The number of carboxylic acid groups (broad SMARTS) is 1. The maximum absolute atomic E-state index is 13.8. The summed E-state index contributed by atoms with van der Waals surface area (Å²) in [6.07, 6.45) is 0.592. The molecule has 0 aromatic carbocycles. The van der Waals surface area contributed by atoms with Crippen LogP contribution in [0, 0.1) is 0 Å². The summed E-state index contributed by atoms with van der Waals surface area (Å²) in [5.41, 5.74) is -2.48. The lowest BCUT2D eigenvalue weighted by Crippen LogP contribution is -2.50. The van der Waals surface area contributed by atoms with E-state index in [4.69, 9.17) is 5.11 Å². The largest absolute Gasteiger partial charge is 0.479 e. The second kappa shape index (κ2) is 4.18. The van der Waals surface area contributed by atoms with Crippen LogP contribution in [-0.2, 0) is 19.4 Å². The molecule has 0 aliphatic carbocycles. The van der Waals surface area contributed by atoms with Crippen molar-refractivity contribution in [2.45, 2.75) is 30.7 Å². The van der Waals surface area contributed by atoms with E-state index in [1.807, 2.05) is 0 Å². The number of hydrogen-bond acceptors (Lipinski definition) is 4. The number of carbonyl (C=O) groups is 2. The molecule has 8 heteroatoms. The highest BCUT2D eigenvalue weighted by Gasteiger charge is 2.51. The Hall–Kier alpha value is -1.18. The highest BCUT2D eigenvalue weighted by Crippen LogP contribution is 2.29. The summed E-state index contributed by atoms with van der Waals surface area (Å²) in [5, 5.41) is 8.70. The minimum Gasteiger partial charge on any atom is -0.479 e. The maximum Gasteiger partial charge on any atom is 0.343 e. The molecule has 1 atom stereocenters. The first-order valence-corrected chi connectivity index (χ1v) is 7.22. The summed E-state index contributed by atoms with van der Waals surface area (Å²) in [6, 6.07) is 0. The maximum atomic E-state index is 13.8. The quantitative estimate of drug-likeness (QED) is 0.775. The predicted molar refractivity (Wildman–Crippen MR) is 61.6 cm³/mol. The third-order valence-electron chi connectivity index (χ3n) is 3.33. The summed E-state index contributed by atoms with van der Waals surface area (Å²) in [4.78, 5) is 23.7. The zero-order valence-corrected chi connectivity index (χ0v) is 11.3. The van der Waals surface area contributed by atoms with Gasteiger partial charge in [0.1, 0.15) is 4.75 Å². The van der Waals surface area contributed by atoms with Gasteiger partial charge < -0.3 is 10.0 Å². The van der Waals surface area contributed by atoms with E-state index in [1.54, 1.807) is 0 Å². The number of halogens is 1. The number of hydrogen-bond donors (Lipinski definition) is 1. The molecule has 1 aliphatic heterocycles. The van der Waals surface area contributed by atoms with Crippen LogP contribution in [0.1, 0.15) is 20.3 Å². The van der Waals surface area contributed by atoms with E-state index in [9.17, 15) is 22.4 Å². The van der Waals surface area contributed by atoms with E-state index in [0.717, 1.165) is 11.2 Å². The smallest absolute Gasteiger partial charge is 0.343 e. The first-order valence-electron chi connectivity index (χ1n) is 5.33. The van der Waals surface area contributed by atoms with Crippen LogP contribution < -0.4 is 0 Å². The Balaban J connectivity index is 2.94. The van der Waals surface area contributed by atoms with Crippen molar-refractivity contribution in [3.05, 3.63) is 0 Å². The molecular weight excluding hydrogens is 265 g/mol. The molecule has 6 nitrogen and oxygen atoms in total. The van der Waals surface area contributed by atoms with Gasteiger partial charge in [-0.15, -0.1) is 0 Å². The Bertz CT molecular complexity index is 486. The Labute approximate surface area is 105 Å². The monoisotopic (exact) mass is 281 g/mol. The van der Waals surface area contributed by atoms with Gasteiger partial charge in [-0.05, 0) is 13.8 Å². The van der Waals surface area contributed by atoms with Gasteiger partial charge in [0.05, 0.1) is 6.54 Å². The Morgan fingerprint density at radius 3 is 2.22 bits per heavy atom. The van der Waals surface area contributed by atoms with Crippen LogP contribution in [0.2, 0.25) is 0 Å². The van der Waals surface area contributed by atoms with E-state index in [1.165, 1.54) is 13.8 Å². The molecule has 1 rings (SSSR count). The van der Waals surface area contributed by atoms with Gasteiger partial charge in [-0.25, -0.2) is 17.6 Å². The molecule has 1 heterocycles. The Morgan fingerprint density at radius 1 is 1.39 bits per heavy atom. The lowest BCUT2D eigenvalue weighted by Gasteiger charge is -2.27. The molecule has 0 bridgehead atoms. The number of carboxylic acids is 1. The fourth-order valence-corrected chi connectivity index (χ4v) is 2.11. The van der Waals surface area contributed by atoms with E-state index in [2.05, 4.69) is 0 Å². The van der Waals surface area contributed by atoms with Gasteiger partial charge in [0.2, 0.25) is 11.6 Å². The third kappa shape index (κ3) is 2.33. The number of likely N-dealkylation sites (tertiary alicyclic amines) is 1. The third-order valence-corrected chi connectivity index (χ3v) is 5.36. The minimum absolute atomic E-state index is 0.0966. The lowest BCUT2D eigenvalue weighted by molar-refractivity contribution is -0.150. The summed E-state index contributed by atoms with van der Waals surface area (Å²) in [5.74, 6) is -2.40. The molecule has 1 N–H and O–H groups in total. The molecular formula is C10H16FNO5S. The second-order valence-corrected chi connectivity index (χ2v) is 7.59. The fraction of sp³-hybridized carbons (Fsp3) is 0.800. The summed E-state index contributed by atoms with van der Waals surface area (Å²) >= 11 is 0. The SMILES string of the molecule is CC(C)(C(=O)N1CCC(F)(C(=O)O)C1)S(C)(=O)=O. The summed E-state index contributed by atoms with van der Waals surface area (Å²) < 4.78 is 35.1.